The molecular formula is C14H17N5O2. The molecule has 21 heavy (non-hydrogen) atoms. The third-order valence-electron chi connectivity index (χ3n) is 2.94. The van der Waals surface area contributed by atoms with E-state index in [1.165, 1.54) is 0 Å². The number of anilines is 1. The number of allylic oxidation sites excluding steroid dienone is 1. The minimum Gasteiger partial charge on any atom is -0.380 e. The fourth-order valence-corrected chi connectivity index (χ4v) is 1.87. The molecule has 1 aliphatic rings. The summed E-state index contributed by atoms with van der Waals surface area (Å²) in [4.78, 5) is 25.8. The van der Waals surface area contributed by atoms with Crippen LogP contribution in [0.5, 0.6) is 0 Å². The molecule has 5 N–H and O–H groups in total. The highest BCUT2D eigenvalue weighted by Gasteiger charge is 2.13. The zero-order chi connectivity index (χ0) is 15.1. The van der Waals surface area contributed by atoms with Gasteiger partial charge in [0.05, 0.1) is 25.5 Å². The van der Waals surface area contributed by atoms with E-state index in [1.54, 1.807) is 12.1 Å². The van der Waals surface area contributed by atoms with Crippen molar-refractivity contribution in [3.05, 3.63) is 41.3 Å². The standard InChI is InChI=1S/C14H17N5O2/c15-9-18-14-13(8-21)19-12(6-17-14)5-16-11-3-1-10(7-20)2-4-11/h1-4,7-8,16-18H,5-6,9,15H2. The number of hydrogen-bond acceptors (Lipinski definition) is 7. The van der Waals surface area contributed by atoms with Crippen molar-refractivity contribution in [3.63, 3.8) is 0 Å². The van der Waals surface area contributed by atoms with Crippen molar-refractivity contribution in [1.82, 2.24) is 10.6 Å². The minimum atomic E-state index is 0.228. The van der Waals surface area contributed by atoms with Gasteiger partial charge in [0.15, 0.2) is 6.29 Å². The predicted molar refractivity (Wildman–Crippen MR) is 81.0 cm³/mol. The SMILES string of the molecule is NCNC1=C(C=O)N=C(CNc2ccc(C=O)cc2)CN1. The molecule has 7 heteroatoms. The Hall–Kier alpha value is -2.67. The Labute approximate surface area is 122 Å². The van der Waals surface area contributed by atoms with Crippen LogP contribution in [-0.4, -0.2) is 38.0 Å². The Morgan fingerprint density at radius 1 is 1.19 bits per heavy atom. The van der Waals surface area contributed by atoms with E-state index in [0.29, 0.717) is 36.5 Å². The number of rotatable bonds is 7. The maximum Gasteiger partial charge on any atom is 0.172 e. The molecule has 1 aromatic carbocycles. The molecule has 1 aromatic rings. The van der Waals surface area contributed by atoms with Gasteiger partial charge < -0.3 is 21.7 Å². The summed E-state index contributed by atoms with van der Waals surface area (Å²) in [5, 5.41) is 9.10. The second-order valence-electron chi connectivity index (χ2n) is 4.38. The molecule has 1 aliphatic heterocycles. The van der Waals surface area contributed by atoms with Gasteiger partial charge in [-0.15, -0.1) is 0 Å². The molecule has 0 atom stereocenters. The largest absolute Gasteiger partial charge is 0.380 e. The minimum absolute atomic E-state index is 0.228. The molecule has 0 saturated heterocycles. The van der Waals surface area contributed by atoms with Gasteiger partial charge in [-0.2, -0.15) is 0 Å². The second-order valence-corrected chi connectivity index (χ2v) is 4.38. The molecule has 0 aliphatic carbocycles. The first-order chi connectivity index (χ1) is 10.3. The molecule has 0 amide bonds. The molecule has 1 heterocycles. The number of nitrogens with one attached hydrogen (secondary N) is 3. The fourth-order valence-electron chi connectivity index (χ4n) is 1.87. The number of carbonyl (C=O) groups is 2. The van der Waals surface area contributed by atoms with Crippen molar-refractivity contribution in [1.29, 1.82) is 0 Å². The van der Waals surface area contributed by atoms with Crippen LogP contribution in [0, 0.1) is 0 Å². The van der Waals surface area contributed by atoms with Gasteiger partial charge in [-0.3, -0.25) is 9.59 Å². The number of aldehydes is 2. The highest BCUT2D eigenvalue weighted by molar-refractivity contribution is 5.95. The second kappa shape index (κ2) is 7.20. The van der Waals surface area contributed by atoms with E-state index in [-0.39, 0.29) is 6.67 Å². The average Bonchev–Trinajstić information content (AvgIpc) is 2.54. The maximum absolute atomic E-state index is 11.0. The van der Waals surface area contributed by atoms with Gasteiger partial charge in [-0.05, 0) is 24.3 Å². The summed E-state index contributed by atoms with van der Waals surface area (Å²) < 4.78 is 0. The van der Waals surface area contributed by atoms with Crippen LogP contribution >= 0.6 is 0 Å². The molecule has 2 rings (SSSR count). The first-order valence-electron chi connectivity index (χ1n) is 6.49. The van der Waals surface area contributed by atoms with Crippen LogP contribution in [0.2, 0.25) is 0 Å². The molecule has 0 fully saturated rings. The number of carbonyl (C=O) groups excluding carboxylic acids is 2. The highest BCUT2D eigenvalue weighted by Crippen LogP contribution is 2.09. The Morgan fingerprint density at radius 2 is 1.95 bits per heavy atom. The first-order valence-corrected chi connectivity index (χ1v) is 6.49. The van der Waals surface area contributed by atoms with Gasteiger partial charge in [0.2, 0.25) is 0 Å². The van der Waals surface area contributed by atoms with Crippen LogP contribution in [0.25, 0.3) is 0 Å². The van der Waals surface area contributed by atoms with E-state index >= 15 is 0 Å². The molecule has 7 nitrogen and oxygen atoms in total. The monoisotopic (exact) mass is 287 g/mol. The summed E-state index contributed by atoms with van der Waals surface area (Å²) in [6, 6.07) is 7.10. The van der Waals surface area contributed by atoms with Gasteiger partial charge in [0, 0.05) is 11.3 Å². The lowest BCUT2D eigenvalue weighted by Crippen LogP contribution is -2.39. The Bertz CT molecular complexity index is 578. The number of benzene rings is 1. The van der Waals surface area contributed by atoms with Crippen molar-refractivity contribution in [2.24, 2.45) is 10.7 Å². The Morgan fingerprint density at radius 3 is 2.57 bits per heavy atom. The van der Waals surface area contributed by atoms with Crippen molar-refractivity contribution < 1.29 is 9.59 Å². The predicted octanol–water partition coefficient (Wildman–Crippen LogP) is -0.171. The van der Waals surface area contributed by atoms with Gasteiger partial charge >= 0.3 is 0 Å². The van der Waals surface area contributed by atoms with E-state index in [2.05, 4.69) is 20.9 Å². The van der Waals surface area contributed by atoms with E-state index < -0.39 is 0 Å². The van der Waals surface area contributed by atoms with Gasteiger partial charge in [-0.1, -0.05) is 0 Å². The highest BCUT2D eigenvalue weighted by atomic mass is 16.1. The lowest BCUT2D eigenvalue weighted by molar-refractivity contribution is -0.105. The first kappa shape index (κ1) is 14.7. The number of nitrogens with two attached hydrogens (primary N) is 1. The summed E-state index contributed by atoms with van der Waals surface area (Å²) >= 11 is 0. The summed E-state index contributed by atoms with van der Waals surface area (Å²) in [7, 11) is 0. The number of aliphatic imine (C=N–C) groups is 1. The maximum atomic E-state index is 11.0. The number of nitrogens with zero attached hydrogens (tertiary/aromatic N) is 1. The lowest BCUT2D eigenvalue weighted by atomic mass is 10.2. The van der Waals surface area contributed by atoms with Crippen molar-refractivity contribution in [2.75, 3.05) is 25.1 Å². The van der Waals surface area contributed by atoms with Crippen LogP contribution in [-0.2, 0) is 4.79 Å². The molecule has 0 saturated carbocycles. The topological polar surface area (TPSA) is 109 Å². The molecule has 0 unspecified atom stereocenters. The molecule has 0 radical (unpaired) electrons. The van der Waals surface area contributed by atoms with Gasteiger partial charge in [0.1, 0.15) is 17.8 Å². The van der Waals surface area contributed by atoms with Crippen LogP contribution in [0.15, 0.2) is 40.8 Å². The van der Waals surface area contributed by atoms with Crippen molar-refractivity contribution in [2.45, 2.75) is 0 Å². The quantitative estimate of drug-likeness (QED) is 0.409. The molecule has 0 bridgehead atoms. The summed E-state index contributed by atoms with van der Waals surface area (Å²) in [5.74, 6) is 0.548. The molecule has 110 valence electrons. The molecular weight excluding hydrogens is 270 g/mol. The van der Waals surface area contributed by atoms with Crippen LogP contribution in [0.1, 0.15) is 10.4 Å². The third-order valence-corrected chi connectivity index (χ3v) is 2.94. The smallest absolute Gasteiger partial charge is 0.172 e. The average molecular weight is 287 g/mol. The summed E-state index contributed by atoms with van der Waals surface area (Å²) in [6.45, 7) is 1.26. The van der Waals surface area contributed by atoms with Crippen LogP contribution < -0.4 is 21.7 Å². The van der Waals surface area contributed by atoms with Crippen molar-refractivity contribution >= 4 is 24.0 Å². The Kier molecular flexibility index (Phi) is 5.05. The van der Waals surface area contributed by atoms with E-state index in [1.807, 2.05) is 12.1 Å². The van der Waals surface area contributed by atoms with E-state index in [4.69, 9.17) is 5.73 Å². The van der Waals surface area contributed by atoms with E-state index in [9.17, 15) is 9.59 Å². The zero-order valence-electron chi connectivity index (χ0n) is 11.4. The molecule has 0 aromatic heterocycles. The van der Waals surface area contributed by atoms with Gasteiger partial charge in [0.25, 0.3) is 0 Å². The van der Waals surface area contributed by atoms with Crippen molar-refractivity contribution in [3.8, 4) is 0 Å². The van der Waals surface area contributed by atoms with Gasteiger partial charge in [-0.25, -0.2) is 4.99 Å². The zero-order valence-corrected chi connectivity index (χ0v) is 11.4. The molecule has 0 spiro atoms. The number of hydrogen-bond donors (Lipinski definition) is 4. The Balaban J connectivity index is 1.99. The van der Waals surface area contributed by atoms with E-state index in [0.717, 1.165) is 17.7 Å². The lowest BCUT2D eigenvalue weighted by Gasteiger charge is -2.20. The van der Waals surface area contributed by atoms with Crippen LogP contribution in [0.4, 0.5) is 5.69 Å². The summed E-state index contributed by atoms with van der Waals surface area (Å²) in [6.07, 6.45) is 1.48. The fraction of sp³-hybridized carbons (Fsp3) is 0.214. The normalized spacial score (nSPS) is 14.0. The third kappa shape index (κ3) is 3.90. The summed E-state index contributed by atoms with van der Waals surface area (Å²) in [5.41, 5.74) is 8.00. The van der Waals surface area contributed by atoms with Crippen LogP contribution in [0.3, 0.4) is 0 Å².